The van der Waals surface area contributed by atoms with E-state index >= 15 is 0 Å². The second-order valence-electron chi connectivity index (χ2n) is 5.23. The first kappa shape index (κ1) is 15.4. The van der Waals surface area contributed by atoms with Crippen LogP contribution in [-0.4, -0.2) is 42.6 Å². The lowest BCUT2D eigenvalue weighted by molar-refractivity contribution is 0.288. The molecule has 1 aromatic heterocycles. The number of nitrogens with zero attached hydrogens (tertiary/aromatic N) is 2. The van der Waals surface area contributed by atoms with Crippen molar-refractivity contribution in [3.05, 3.63) is 30.1 Å². The Bertz CT molecular complexity index is 496. The normalized spacial score (nSPS) is 18.2. The van der Waals surface area contributed by atoms with Crippen molar-refractivity contribution in [3.8, 4) is 0 Å². The van der Waals surface area contributed by atoms with Gasteiger partial charge in [0.05, 0.1) is 5.75 Å². The highest BCUT2D eigenvalue weighted by Crippen LogP contribution is 2.15. The maximum absolute atomic E-state index is 12.0. The molecule has 6 heteroatoms. The van der Waals surface area contributed by atoms with Crippen molar-refractivity contribution in [2.45, 2.75) is 38.8 Å². The van der Waals surface area contributed by atoms with E-state index in [9.17, 15) is 8.42 Å². The monoisotopic (exact) mass is 297 g/mol. The largest absolute Gasteiger partial charge is 0.310 e. The molecule has 0 aromatic carbocycles. The summed E-state index contributed by atoms with van der Waals surface area (Å²) in [6, 6.07) is 4.39. The highest BCUT2D eigenvalue weighted by Gasteiger charge is 2.26. The van der Waals surface area contributed by atoms with Crippen LogP contribution in [0.2, 0.25) is 0 Å². The summed E-state index contributed by atoms with van der Waals surface area (Å²) in [5.41, 5.74) is 1.21. The summed E-state index contributed by atoms with van der Waals surface area (Å²) in [6.45, 7) is 3.99. The Hall–Kier alpha value is -0.980. The van der Waals surface area contributed by atoms with Crippen molar-refractivity contribution in [1.82, 2.24) is 14.6 Å². The van der Waals surface area contributed by atoms with Gasteiger partial charge in [-0.05, 0) is 37.0 Å². The molecule has 1 aromatic rings. The second-order valence-corrected chi connectivity index (χ2v) is 7.31. The molecule has 0 amide bonds. The molecule has 5 nitrogen and oxygen atoms in total. The first-order valence-corrected chi connectivity index (χ1v) is 8.83. The molecule has 0 bridgehead atoms. The first-order valence-electron chi connectivity index (χ1n) is 7.22. The summed E-state index contributed by atoms with van der Waals surface area (Å²) < 4.78 is 25.6. The fourth-order valence-corrected chi connectivity index (χ4v) is 4.03. The van der Waals surface area contributed by atoms with Crippen LogP contribution in [-0.2, 0) is 16.6 Å². The molecule has 1 saturated heterocycles. The van der Waals surface area contributed by atoms with Gasteiger partial charge < -0.3 is 5.32 Å². The van der Waals surface area contributed by atoms with Crippen LogP contribution in [0.1, 0.15) is 31.7 Å². The molecule has 0 atom stereocenters. The Morgan fingerprint density at radius 2 is 1.95 bits per heavy atom. The Balaban J connectivity index is 1.77. The van der Waals surface area contributed by atoms with Crippen LogP contribution in [0, 0.1) is 0 Å². The van der Waals surface area contributed by atoms with E-state index in [1.165, 1.54) is 5.56 Å². The van der Waals surface area contributed by atoms with E-state index in [-0.39, 0.29) is 5.75 Å². The molecule has 2 heterocycles. The number of hydrogen-bond acceptors (Lipinski definition) is 4. The third-order valence-corrected chi connectivity index (χ3v) is 5.73. The van der Waals surface area contributed by atoms with Crippen LogP contribution < -0.4 is 5.32 Å². The second kappa shape index (κ2) is 7.15. The summed E-state index contributed by atoms with van der Waals surface area (Å²) in [5.74, 6) is 0.266. The van der Waals surface area contributed by atoms with E-state index in [0.717, 1.165) is 19.4 Å². The zero-order valence-electron chi connectivity index (χ0n) is 12.0. The summed E-state index contributed by atoms with van der Waals surface area (Å²) in [7, 11) is -3.03. The molecule has 112 valence electrons. The standard InChI is InChI=1S/C14H23N3O2S/c1-2-11-20(18,19)17-9-5-14(6-10-17)16-12-13-3-7-15-8-4-13/h3-4,7-8,14,16H,2,5-6,9-12H2,1H3. The quantitative estimate of drug-likeness (QED) is 0.861. The third kappa shape index (κ3) is 4.26. The van der Waals surface area contributed by atoms with E-state index in [1.807, 2.05) is 19.1 Å². The SMILES string of the molecule is CCCS(=O)(=O)N1CCC(NCc2ccncc2)CC1. The minimum atomic E-state index is -3.03. The maximum atomic E-state index is 12.0. The molecule has 0 aliphatic carbocycles. The van der Waals surface area contributed by atoms with Gasteiger partial charge in [-0.25, -0.2) is 12.7 Å². The molecule has 0 saturated carbocycles. The highest BCUT2D eigenvalue weighted by atomic mass is 32.2. The Labute approximate surface area is 121 Å². The van der Waals surface area contributed by atoms with Gasteiger partial charge in [0.25, 0.3) is 0 Å². The van der Waals surface area contributed by atoms with Crippen molar-refractivity contribution >= 4 is 10.0 Å². The lowest BCUT2D eigenvalue weighted by Crippen LogP contribution is -2.45. The van der Waals surface area contributed by atoms with Crippen molar-refractivity contribution < 1.29 is 8.42 Å². The summed E-state index contributed by atoms with van der Waals surface area (Å²) in [4.78, 5) is 3.99. The fraction of sp³-hybridized carbons (Fsp3) is 0.643. The summed E-state index contributed by atoms with van der Waals surface area (Å²) in [5, 5.41) is 3.49. The molecule has 20 heavy (non-hydrogen) atoms. The molecule has 1 aliphatic rings. The smallest absolute Gasteiger partial charge is 0.214 e. The number of pyridine rings is 1. The van der Waals surface area contributed by atoms with Crippen LogP contribution >= 0.6 is 0 Å². The lowest BCUT2D eigenvalue weighted by atomic mass is 10.1. The summed E-state index contributed by atoms with van der Waals surface area (Å²) >= 11 is 0. The van der Waals surface area contributed by atoms with Gasteiger partial charge in [-0.3, -0.25) is 4.98 Å². The molecule has 0 spiro atoms. The van der Waals surface area contributed by atoms with Crippen molar-refractivity contribution in [3.63, 3.8) is 0 Å². The third-order valence-electron chi connectivity index (χ3n) is 3.65. The number of rotatable bonds is 6. The van der Waals surface area contributed by atoms with Gasteiger partial charge in [0.1, 0.15) is 0 Å². The zero-order valence-corrected chi connectivity index (χ0v) is 12.8. The topological polar surface area (TPSA) is 62.3 Å². The molecule has 0 radical (unpaired) electrons. The van der Waals surface area contributed by atoms with E-state index in [4.69, 9.17) is 0 Å². The summed E-state index contributed by atoms with van der Waals surface area (Å²) in [6.07, 6.45) is 6.03. The van der Waals surface area contributed by atoms with Crippen LogP contribution in [0.15, 0.2) is 24.5 Å². The van der Waals surface area contributed by atoms with Crippen molar-refractivity contribution in [2.24, 2.45) is 0 Å². The zero-order chi connectivity index (χ0) is 14.4. The molecule has 1 N–H and O–H groups in total. The molecular weight excluding hydrogens is 274 g/mol. The Morgan fingerprint density at radius 1 is 1.30 bits per heavy atom. The minimum Gasteiger partial charge on any atom is -0.310 e. The van der Waals surface area contributed by atoms with Gasteiger partial charge in [-0.15, -0.1) is 0 Å². The number of piperidine rings is 1. The van der Waals surface area contributed by atoms with Crippen LogP contribution in [0.5, 0.6) is 0 Å². The first-order chi connectivity index (χ1) is 9.62. The Morgan fingerprint density at radius 3 is 2.55 bits per heavy atom. The number of hydrogen-bond donors (Lipinski definition) is 1. The van der Waals surface area contributed by atoms with E-state index in [2.05, 4.69) is 10.3 Å². The molecule has 0 unspecified atom stereocenters. The van der Waals surface area contributed by atoms with Gasteiger partial charge >= 0.3 is 0 Å². The average Bonchev–Trinajstić information content (AvgIpc) is 2.47. The van der Waals surface area contributed by atoms with Gasteiger partial charge in [-0.1, -0.05) is 6.92 Å². The predicted octanol–water partition coefficient (Wildman–Crippen LogP) is 1.38. The van der Waals surface area contributed by atoms with Gasteiger partial charge in [0, 0.05) is 38.1 Å². The molecular formula is C14H23N3O2S. The molecule has 1 fully saturated rings. The van der Waals surface area contributed by atoms with Gasteiger partial charge in [0.15, 0.2) is 0 Å². The van der Waals surface area contributed by atoms with Gasteiger partial charge in [0.2, 0.25) is 10.0 Å². The predicted molar refractivity (Wildman–Crippen MR) is 79.7 cm³/mol. The molecule has 1 aliphatic heterocycles. The number of aromatic nitrogens is 1. The van der Waals surface area contributed by atoms with Crippen LogP contribution in [0.3, 0.4) is 0 Å². The highest BCUT2D eigenvalue weighted by molar-refractivity contribution is 7.89. The van der Waals surface area contributed by atoms with E-state index in [1.54, 1.807) is 16.7 Å². The van der Waals surface area contributed by atoms with Gasteiger partial charge in [-0.2, -0.15) is 0 Å². The van der Waals surface area contributed by atoms with Crippen molar-refractivity contribution in [2.75, 3.05) is 18.8 Å². The average molecular weight is 297 g/mol. The molecule has 2 rings (SSSR count). The van der Waals surface area contributed by atoms with Crippen LogP contribution in [0.4, 0.5) is 0 Å². The van der Waals surface area contributed by atoms with E-state index in [0.29, 0.717) is 25.6 Å². The lowest BCUT2D eigenvalue weighted by Gasteiger charge is -2.31. The minimum absolute atomic E-state index is 0.266. The number of nitrogens with one attached hydrogen (secondary N) is 1. The Kier molecular flexibility index (Phi) is 5.51. The number of sulfonamides is 1. The fourth-order valence-electron chi connectivity index (χ4n) is 2.49. The van der Waals surface area contributed by atoms with E-state index < -0.39 is 10.0 Å². The maximum Gasteiger partial charge on any atom is 0.214 e. The van der Waals surface area contributed by atoms with Crippen LogP contribution in [0.25, 0.3) is 0 Å². The van der Waals surface area contributed by atoms with Crippen molar-refractivity contribution in [1.29, 1.82) is 0 Å².